The van der Waals surface area contributed by atoms with Gasteiger partial charge in [-0.15, -0.1) is 0 Å². The molecule has 0 radical (unpaired) electrons. The summed E-state index contributed by atoms with van der Waals surface area (Å²) < 4.78 is 5.97. The van der Waals surface area contributed by atoms with Crippen LogP contribution in [-0.4, -0.2) is 21.2 Å². The van der Waals surface area contributed by atoms with Gasteiger partial charge in [-0.1, -0.05) is 21.1 Å². The number of halogens is 1. The molecule has 0 bridgehead atoms. The number of hydrogen-bond donors (Lipinski definition) is 1. The van der Waals surface area contributed by atoms with Crippen LogP contribution in [0.4, 0.5) is 0 Å². The van der Waals surface area contributed by atoms with Crippen LogP contribution in [0.25, 0.3) is 11.4 Å². The molecule has 0 unspecified atom stereocenters. The highest BCUT2D eigenvalue weighted by atomic mass is 79.9. The first kappa shape index (κ1) is 12.8. The maximum atomic E-state index is 11.1. The van der Waals surface area contributed by atoms with E-state index in [0.29, 0.717) is 5.82 Å². The van der Waals surface area contributed by atoms with Crippen LogP contribution in [0, 0.1) is 0 Å². The highest BCUT2D eigenvalue weighted by Gasteiger charge is 2.35. The lowest BCUT2D eigenvalue weighted by molar-refractivity contribution is -0.143. The Balaban J connectivity index is 2.37. The molecule has 1 aromatic carbocycles. The zero-order valence-corrected chi connectivity index (χ0v) is 11.4. The Hall–Kier alpha value is -1.69. The molecule has 94 valence electrons. The molecule has 0 atom stereocenters. The molecule has 1 aromatic heterocycles. The van der Waals surface area contributed by atoms with E-state index >= 15 is 0 Å². The number of carbonyl (C=O) groups is 1. The van der Waals surface area contributed by atoms with Crippen LogP contribution in [0.5, 0.6) is 0 Å². The van der Waals surface area contributed by atoms with E-state index in [2.05, 4.69) is 26.1 Å². The summed E-state index contributed by atoms with van der Waals surface area (Å²) in [5, 5.41) is 12.9. The summed E-state index contributed by atoms with van der Waals surface area (Å²) in [5.41, 5.74) is -0.421. The van der Waals surface area contributed by atoms with Crippen LogP contribution in [0.2, 0.25) is 0 Å². The summed E-state index contributed by atoms with van der Waals surface area (Å²) >= 11 is 3.33. The van der Waals surface area contributed by atoms with Gasteiger partial charge >= 0.3 is 5.97 Å². The molecule has 2 rings (SSSR count). The number of nitrogens with zero attached hydrogens (tertiary/aromatic N) is 2. The third-order valence-electron chi connectivity index (χ3n) is 2.60. The van der Waals surface area contributed by atoms with Gasteiger partial charge in [-0.05, 0) is 38.1 Å². The molecule has 6 heteroatoms. The molecule has 0 saturated heterocycles. The van der Waals surface area contributed by atoms with E-state index < -0.39 is 11.4 Å². The average molecular weight is 311 g/mol. The van der Waals surface area contributed by atoms with Crippen molar-refractivity contribution in [2.75, 3.05) is 0 Å². The lowest BCUT2D eigenvalue weighted by atomic mass is 9.94. The van der Waals surface area contributed by atoms with Crippen LogP contribution in [-0.2, 0) is 10.2 Å². The zero-order valence-electron chi connectivity index (χ0n) is 9.85. The number of rotatable bonds is 3. The number of benzene rings is 1. The van der Waals surface area contributed by atoms with E-state index in [0.717, 1.165) is 10.0 Å². The van der Waals surface area contributed by atoms with Crippen molar-refractivity contribution in [3.05, 3.63) is 34.6 Å². The van der Waals surface area contributed by atoms with E-state index in [1.165, 1.54) is 13.8 Å². The Morgan fingerprint density at radius 2 is 1.94 bits per heavy atom. The molecule has 1 N–H and O–H groups in total. The number of hydrogen-bond acceptors (Lipinski definition) is 4. The van der Waals surface area contributed by atoms with E-state index in [1.807, 2.05) is 24.3 Å². The topological polar surface area (TPSA) is 76.2 Å². The summed E-state index contributed by atoms with van der Waals surface area (Å²) in [5.74, 6) is -0.534. The average Bonchev–Trinajstić information content (AvgIpc) is 2.79. The molecule has 0 aliphatic rings. The fourth-order valence-electron chi connectivity index (χ4n) is 1.29. The third kappa shape index (κ3) is 2.28. The molecule has 18 heavy (non-hydrogen) atoms. The van der Waals surface area contributed by atoms with Gasteiger partial charge in [0.2, 0.25) is 11.7 Å². The van der Waals surface area contributed by atoms with Gasteiger partial charge in [0.25, 0.3) is 0 Å². The van der Waals surface area contributed by atoms with Crippen molar-refractivity contribution < 1.29 is 14.4 Å². The van der Waals surface area contributed by atoms with Crippen molar-refractivity contribution in [1.29, 1.82) is 0 Å². The number of aromatic nitrogens is 2. The lowest BCUT2D eigenvalue weighted by Crippen LogP contribution is -2.28. The quantitative estimate of drug-likeness (QED) is 0.943. The van der Waals surface area contributed by atoms with Gasteiger partial charge in [-0.2, -0.15) is 4.98 Å². The van der Waals surface area contributed by atoms with E-state index in [4.69, 9.17) is 9.63 Å². The molecular weight excluding hydrogens is 300 g/mol. The van der Waals surface area contributed by atoms with Crippen molar-refractivity contribution in [2.45, 2.75) is 19.3 Å². The molecule has 2 aromatic rings. The molecule has 0 aliphatic heterocycles. The van der Waals surface area contributed by atoms with E-state index in [1.54, 1.807) is 0 Å². The Bertz CT molecular complexity index is 575. The molecule has 5 nitrogen and oxygen atoms in total. The smallest absolute Gasteiger partial charge is 0.318 e. The summed E-state index contributed by atoms with van der Waals surface area (Å²) in [6.45, 7) is 3.04. The predicted molar refractivity (Wildman–Crippen MR) is 68.1 cm³/mol. The fourth-order valence-corrected chi connectivity index (χ4v) is 1.55. The third-order valence-corrected chi connectivity index (χ3v) is 3.13. The Labute approximate surface area is 112 Å². The van der Waals surface area contributed by atoms with Crippen LogP contribution >= 0.6 is 15.9 Å². The molecular formula is C12H11BrN2O3. The van der Waals surface area contributed by atoms with Gasteiger partial charge in [0.05, 0.1) is 0 Å². The monoisotopic (exact) mass is 310 g/mol. The standard InChI is InChI=1S/C12H11BrN2O3/c1-12(2,11(16)17)10-14-9(15-18-10)7-3-5-8(13)6-4-7/h3-6H,1-2H3,(H,16,17). The van der Waals surface area contributed by atoms with Crippen LogP contribution in [0.3, 0.4) is 0 Å². The summed E-state index contributed by atoms with van der Waals surface area (Å²) in [6, 6.07) is 7.36. The van der Waals surface area contributed by atoms with Crippen LogP contribution in [0.15, 0.2) is 33.3 Å². The second-order valence-electron chi connectivity index (χ2n) is 4.36. The zero-order chi connectivity index (χ0) is 13.3. The molecule has 0 saturated carbocycles. The summed E-state index contributed by atoms with van der Waals surface area (Å²) in [4.78, 5) is 15.2. The molecule has 0 spiro atoms. The molecule has 0 aliphatic carbocycles. The van der Waals surface area contributed by atoms with Crippen molar-refractivity contribution in [3.8, 4) is 11.4 Å². The molecule has 0 fully saturated rings. The van der Waals surface area contributed by atoms with E-state index in [9.17, 15) is 4.79 Å². The summed E-state index contributed by atoms with van der Waals surface area (Å²) in [6.07, 6.45) is 0. The fraction of sp³-hybridized carbons (Fsp3) is 0.250. The van der Waals surface area contributed by atoms with Crippen LogP contribution < -0.4 is 0 Å². The SMILES string of the molecule is CC(C)(C(=O)O)c1nc(-c2ccc(Br)cc2)no1. The minimum atomic E-state index is -1.19. The minimum Gasteiger partial charge on any atom is -0.480 e. The van der Waals surface area contributed by atoms with Crippen molar-refractivity contribution >= 4 is 21.9 Å². The van der Waals surface area contributed by atoms with E-state index in [-0.39, 0.29) is 5.89 Å². The van der Waals surface area contributed by atoms with Crippen LogP contribution in [0.1, 0.15) is 19.7 Å². The Kier molecular flexibility index (Phi) is 3.21. The summed E-state index contributed by atoms with van der Waals surface area (Å²) in [7, 11) is 0. The number of carboxylic acids is 1. The van der Waals surface area contributed by atoms with Gasteiger partial charge in [0.1, 0.15) is 5.41 Å². The first-order valence-electron chi connectivity index (χ1n) is 5.25. The van der Waals surface area contributed by atoms with Gasteiger partial charge in [0, 0.05) is 10.0 Å². The number of aliphatic carboxylic acids is 1. The highest BCUT2D eigenvalue weighted by Crippen LogP contribution is 2.25. The van der Waals surface area contributed by atoms with Gasteiger partial charge in [-0.3, -0.25) is 4.79 Å². The minimum absolute atomic E-state index is 0.0907. The largest absolute Gasteiger partial charge is 0.480 e. The molecule has 0 amide bonds. The van der Waals surface area contributed by atoms with Crippen molar-refractivity contribution in [1.82, 2.24) is 10.1 Å². The second kappa shape index (κ2) is 4.53. The van der Waals surface area contributed by atoms with Gasteiger partial charge in [0.15, 0.2) is 0 Å². The first-order chi connectivity index (χ1) is 8.41. The molecule has 1 heterocycles. The van der Waals surface area contributed by atoms with Crippen molar-refractivity contribution in [3.63, 3.8) is 0 Å². The predicted octanol–water partition coefficient (Wildman–Crippen LogP) is 2.86. The van der Waals surface area contributed by atoms with Gasteiger partial charge < -0.3 is 9.63 Å². The Morgan fingerprint density at radius 3 is 2.50 bits per heavy atom. The first-order valence-corrected chi connectivity index (χ1v) is 6.04. The maximum Gasteiger partial charge on any atom is 0.318 e. The lowest BCUT2D eigenvalue weighted by Gasteiger charge is -2.12. The van der Waals surface area contributed by atoms with Gasteiger partial charge in [-0.25, -0.2) is 0 Å². The second-order valence-corrected chi connectivity index (χ2v) is 5.28. The highest BCUT2D eigenvalue weighted by molar-refractivity contribution is 9.10. The van der Waals surface area contributed by atoms with Crippen molar-refractivity contribution in [2.24, 2.45) is 0 Å². The normalized spacial score (nSPS) is 11.5. The maximum absolute atomic E-state index is 11.1. The number of carboxylic acid groups (broad SMARTS) is 1. The Morgan fingerprint density at radius 1 is 1.33 bits per heavy atom.